The third-order valence-electron chi connectivity index (χ3n) is 8.41. The zero-order valence-electron chi connectivity index (χ0n) is 21.5. The molecule has 38 heavy (non-hydrogen) atoms. The molecular formula is C29H33N3O6. The number of carboxylic acid groups (broad SMARTS) is 1. The molecule has 0 bridgehead atoms. The number of carbonyl (C=O) groups is 2. The first-order valence-corrected chi connectivity index (χ1v) is 13.3. The molecular weight excluding hydrogens is 486 g/mol. The van der Waals surface area contributed by atoms with Gasteiger partial charge in [0, 0.05) is 18.5 Å². The minimum absolute atomic E-state index is 0.0435. The fourth-order valence-corrected chi connectivity index (χ4v) is 6.53. The van der Waals surface area contributed by atoms with E-state index in [4.69, 9.17) is 9.57 Å². The van der Waals surface area contributed by atoms with Crippen LogP contribution in [0.15, 0.2) is 48.6 Å². The summed E-state index contributed by atoms with van der Waals surface area (Å²) in [7, 11) is 2.11. The maximum atomic E-state index is 13.4. The van der Waals surface area contributed by atoms with Gasteiger partial charge >= 0.3 is 6.09 Å². The molecule has 3 atom stereocenters. The van der Waals surface area contributed by atoms with Crippen LogP contribution in [0.4, 0.5) is 10.5 Å². The van der Waals surface area contributed by atoms with Crippen molar-refractivity contribution in [3.8, 4) is 11.5 Å². The molecule has 9 nitrogen and oxygen atoms in total. The van der Waals surface area contributed by atoms with Crippen LogP contribution >= 0.6 is 0 Å². The van der Waals surface area contributed by atoms with E-state index in [-0.39, 0.29) is 30.4 Å². The first-order chi connectivity index (χ1) is 18.4. The molecule has 3 heterocycles. The first kappa shape index (κ1) is 24.8. The van der Waals surface area contributed by atoms with E-state index in [1.54, 1.807) is 24.3 Å². The van der Waals surface area contributed by atoms with Crippen molar-refractivity contribution in [1.82, 2.24) is 9.96 Å². The van der Waals surface area contributed by atoms with Crippen molar-refractivity contribution in [3.05, 3.63) is 65.2 Å². The van der Waals surface area contributed by atoms with E-state index in [9.17, 15) is 19.8 Å². The summed E-state index contributed by atoms with van der Waals surface area (Å²) in [6.45, 7) is 2.17. The highest BCUT2D eigenvalue weighted by atomic mass is 16.7. The molecule has 9 heteroatoms. The molecule has 1 saturated heterocycles. The third kappa shape index (κ3) is 4.01. The second-order valence-electron chi connectivity index (χ2n) is 10.7. The van der Waals surface area contributed by atoms with E-state index in [1.807, 2.05) is 12.1 Å². The van der Waals surface area contributed by atoms with Gasteiger partial charge in [-0.05, 0) is 62.5 Å². The molecule has 200 valence electrons. The number of hydroxylamine groups is 2. The van der Waals surface area contributed by atoms with Gasteiger partial charge in [0.2, 0.25) is 0 Å². The first-order valence-electron chi connectivity index (χ1n) is 13.3. The highest BCUT2D eigenvalue weighted by molar-refractivity contribution is 5.99. The quantitative estimate of drug-likeness (QED) is 0.559. The predicted molar refractivity (Wildman–Crippen MR) is 140 cm³/mol. The fraction of sp³-hybridized carbons (Fsp3) is 0.448. The number of ether oxygens (including phenoxy) is 1. The van der Waals surface area contributed by atoms with Crippen LogP contribution in [0.1, 0.15) is 42.4 Å². The Kier molecular flexibility index (Phi) is 6.28. The molecule has 2 amide bonds. The molecule has 1 spiro atoms. The van der Waals surface area contributed by atoms with Gasteiger partial charge < -0.3 is 19.8 Å². The van der Waals surface area contributed by atoms with Crippen molar-refractivity contribution < 1.29 is 29.4 Å². The highest BCUT2D eigenvalue weighted by Crippen LogP contribution is 2.56. The number of anilines is 1. The second-order valence-corrected chi connectivity index (χ2v) is 10.7. The summed E-state index contributed by atoms with van der Waals surface area (Å²) < 4.78 is 6.57. The topological polar surface area (TPSA) is 103 Å². The van der Waals surface area contributed by atoms with Crippen LogP contribution in [-0.2, 0) is 28.0 Å². The number of benzene rings is 2. The molecule has 6 rings (SSSR count). The number of phenolic OH excluding ortho intramolecular Hbond substituents is 1. The van der Waals surface area contributed by atoms with Gasteiger partial charge in [0.15, 0.2) is 0 Å². The monoisotopic (exact) mass is 519 g/mol. The van der Waals surface area contributed by atoms with Crippen molar-refractivity contribution in [2.75, 3.05) is 31.6 Å². The average molecular weight is 520 g/mol. The Morgan fingerprint density at radius 3 is 2.87 bits per heavy atom. The molecule has 2 aromatic carbocycles. The number of amides is 2. The minimum Gasteiger partial charge on any atom is -0.508 e. The molecule has 2 aromatic rings. The van der Waals surface area contributed by atoms with Crippen LogP contribution < -0.4 is 9.64 Å². The van der Waals surface area contributed by atoms with Crippen LogP contribution in [0.25, 0.3) is 0 Å². The number of hydrogen-bond acceptors (Lipinski definition) is 6. The highest BCUT2D eigenvalue weighted by Gasteiger charge is 2.52. The summed E-state index contributed by atoms with van der Waals surface area (Å²) in [5.41, 5.74) is 3.11. The van der Waals surface area contributed by atoms with Gasteiger partial charge in [-0.3, -0.25) is 14.5 Å². The van der Waals surface area contributed by atoms with Gasteiger partial charge in [0.1, 0.15) is 23.6 Å². The molecule has 2 N–H and O–H groups in total. The zero-order valence-corrected chi connectivity index (χ0v) is 21.5. The number of phenols is 1. The molecule has 1 fully saturated rings. The maximum absolute atomic E-state index is 13.4. The molecule has 3 aliphatic heterocycles. The Morgan fingerprint density at radius 1 is 1.21 bits per heavy atom. The van der Waals surface area contributed by atoms with Crippen LogP contribution in [0.3, 0.4) is 0 Å². The van der Waals surface area contributed by atoms with Crippen LogP contribution in [-0.4, -0.2) is 71.1 Å². The number of aromatic hydroxyl groups is 1. The summed E-state index contributed by atoms with van der Waals surface area (Å²) in [5.74, 6) is 0.388. The Balaban J connectivity index is 1.27. The second kappa shape index (κ2) is 9.63. The fourth-order valence-electron chi connectivity index (χ4n) is 6.53. The smallest absolute Gasteiger partial charge is 0.412 e. The number of para-hydroxylation sites is 1. The van der Waals surface area contributed by atoms with Crippen LogP contribution in [0.5, 0.6) is 11.5 Å². The normalized spacial score (nSPS) is 26.0. The van der Waals surface area contributed by atoms with E-state index < -0.39 is 18.0 Å². The summed E-state index contributed by atoms with van der Waals surface area (Å²) in [5, 5.41) is 21.6. The van der Waals surface area contributed by atoms with Crippen molar-refractivity contribution >= 4 is 17.7 Å². The van der Waals surface area contributed by atoms with Crippen LogP contribution in [0, 0.1) is 0 Å². The average Bonchev–Trinajstić information content (AvgIpc) is 3.39. The standard InChI is InChI=1S/C29H33N3O6/c1-30-16-14-29-13-5-4-8-24(29)38-26-21(10-9-20(18-30)25(26)29)32(28(35)36)22-11-15-31(27(22)34)37-17-12-19-6-2-3-7-23(19)33/h2-3,5-7,9-10,13,22,24,33H,4,8,11-12,14-18H2,1H3,(H,35,36)/t22-,24+,29+/m1/s1. The van der Waals surface area contributed by atoms with Crippen molar-refractivity contribution in [2.45, 2.75) is 56.2 Å². The van der Waals surface area contributed by atoms with Gasteiger partial charge in [-0.25, -0.2) is 9.86 Å². The Hall–Kier alpha value is -3.56. The molecule has 0 unspecified atom stereocenters. The molecule has 0 aromatic heterocycles. The number of rotatable bonds is 6. The van der Waals surface area contributed by atoms with Crippen LogP contribution in [0.2, 0.25) is 0 Å². The maximum Gasteiger partial charge on any atom is 0.412 e. The summed E-state index contributed by atoms with van der Waals surface area (Å²) in [6.07, 6.45) is 6.71. The van der Waals surface area contributed by atoms with E-state index >= 15 is 0 Å². The minimum atomic E-state index is -1.19. The third-order valence-corrected chi connectivity index (χ3v) is 8.41. The summed E-state index contributed by atoms with van der Waals surface area (Å²) in [4.78, 5) is 35.2. The largest absolute Gasteiger partial charge is 0.508 e. The van der Waals surface area contributed by atoms with E-state index in [0.717, 1.165) is 49.0 Å². The van der Waals surface area contributed by atoms with Gasteiger partial charge in [-0.1, -0.05) is 36.4 Å². The van der Waals surface area contributed by atoms with Gasteiger partial charge in [0.25, 0.3) is 5.91 Å². The van der Waals surface area contributed by atoms with Gasteiger partial charge in [0.05, 0.1) is 24.3 Å². The van der Waals surface area contributed by atoms with E-state index in [2.05, 4.69) is 24.1 Å². The lowest BCUT2D eigenvalue weighted by molar-refractivity contribution is -0.177. The summed E-state index contributed by atoms with van der Waals surface area (Å²) in [6, 6.07) is 9.89. The number of nitrogens with zero attached hydrogens (tertiary/aromatic N) is 3. The van der Waals surface area contributed by atoms with Gasteiger partial charge in [-0.2, -0.15) is 0 Å². The number of allylic oxidation sites excluding steroid dienone is 1. The van der Waals surface area contributed by atoms with E-state index in [0.29, 0.717) is 24.3 Å². The molecule has 0 saturated carbocycles. The van der Waals surface area contributed by atoms with Crippen molar-refractivity contribution in [1.29, 1.82) is 0 Å². The van der Waals surface area contributed by atoms with Crippen molar-refractivity contribution in [3.63, 3.8) is 0 Å². The van der Waals surface area contributed by atoms with E-state index in [1.165, 1.54) is 9.96 Å². The SMILES string of the molecule is CN1CC[C@@]23C=CCC[C@@H]2Oc2c(N(C(=O)O)[C@@H]4CCN(OCCc5ccccc5O)C4=O)ccc(c23)C1. The molecule has 0 radical (unpaired) electrons. The lowest BCUT2D eigenvalue weighted by atomic mass is 9.69. The Labute approximate surface area is 221 Å². The Morgan fingerprint density at radius 2 is 2.05 bits per heavy atom. The summed E-state index contributed by atoms with van der Waals surface area (Å²) >= 11 is 0. The lowest BCUT2D eigenvalue weighted by Crippen LogP contribution is -2.45. The zero-order chi connectivity index (χ0) is 26.4. The lowest BCUT2D eigenvalue weighted by Gasteiger charge is -2.34. The number of hydrogen-bond donors (Lipinski definition) is 2. The molecule has 1 aliphatic carbocycles. The molecule has 4 aliphatic rings. The Bertz CT molecular complexity index is 1300. The predicted octanol–water partition coefficient (Wildman–Crippen LogP) is 3.84. The number of carbonyl (C=O) groups excluding carboxylic acids is 1. The van der Waals surface area contributed by atoms with Gasteiger partial charge in [-0.15, -0.1) is 0 Å². The van der Waals surface area contributed by atoms with Crippen molar-refractivity contribution in [2.24, 2.45) is 0 Å².